The van der Waals surface area contributed by atoms with Crippen LogP contribution in [0.4, 0.5) is 5.82 Å². The lowest BCUT2D eigenvalue weighted by Gasteiger charge is -2.09. The Morgan fingerprint density at radius 2 is 2.17 bits per heavy atom. The lowest BCUT2D eigenvalue weighted by Crippen LogP contribution is -2.09. The fraction of sp³-hybridized carbons (Fsp3) is 0.167. The highest BCUT2D eigenvalue weighted by Crippen LogP contribution is 2.22. The van der Waals surface area contributed by atoms with Gasteiger partial charge in [0.25, 0.3) is 0 Å². The van der Waals surface area contributed by atoms with Gasteiger partial charge in [0.05, 0.1) is 18.1 Å². The summed E-state index contributed by atoms with van der Waals surface area (Å²) in [6, 6.07) is 5.86. The van der Waals surface area contributed by atoms with E-state index in [-0.39, 0.29) is 0 Å². The summed E-state index contributed by atoms with van der Waals surface area (Å²) in [5.74, 6) is 6.57. The molecule has 6 heteroatoms. The Kier molecular flexibility index (Phi) is 4.11. The first kappa shape index (κ1) is 12.8. The van der Waals surface area contributed by atoms with Gasteiger partial charge in [0.2, 0.25) is 0 Å². The van der Waals surface area contributed by atoms with Crippen molar-refractivity contribution in [2.24, 2.45) is 5.84 Å². The maximum Gasteiger partial charge on any atom is 0.158 e. The molecule has 1 aromatic heterocycles. The molecule has 0 atom stereocenters. The van der Waals surface area contributed by atoms with Crippen LogP contribution in [0.3, 0.4) is 0 Å². The number of aromatic nitrogens is 2. The van der Waals surface area contributed by atoms with Gasteiger partial charge in [-0.1, -0.05) is 15.9 Å². The van der Waals surface area contributed by atoms with Crippen molar-refractivity contribution in [1.82, 2.24) is 9.97 Å². The number of nitrogens with two attached hydrogens (primary N) is 1. The third-order valence-corrected chi connectivity index (χ3v) is 2.86. The second-order valence-corrected chi connectivity index (χ2v) is 4.65. The van der Waals surface area contributed by atoms with Crippen LogP contribution in [0, 0.1) is 6.92 Å². The molecule has 0 saturated heterocycles. The fourth-order valence-corrected chi connectivity index (χ4v) is 1.91. The number of benzene rings is 1. The van der Waals surface area contributed by atoms with E-state index in [1.165, 1.54) is 0 Å². The van der Waals surface area contributed by atoms with Gasteiger partial charge in [0.1, 0.15) is 12.4 Å². The van der Waals surface area contributed by atoms with Crippen LogP contribution in [0.15, 0.2) is 35.1 Å². The molecule has 0 aliphatic heterocycles. The molecule has 94 valence electrons. The summed E-state index contributed by atoms with van der Waals surface area (Å²) < 4.78 is 6.71. The molecule has 0 spiro atoms. The normalized spacial score (nSPS) is 10.2. The number of aryl methyl sites for hydroxylation is 1. The summed E-state index contributed by atoms with van der Waals surface area (Å²) in [6.45, 7) is 2.37. The van der Waals surface area contributed by atoms with Crippen LogP contribution in [-0.4, -0.2) is 9.97 Å². The minimum absolute atomic E-state index is 0.375. The van der Waals surface area contributed by atoms with Crippen molar-refractivity contribution in [3.8, 4) is 5.75 Å². The predicted octanol–water partition coefficient (Wildman–Crippen LogP) is 2.41. The molecule has 0 amide bonds. The second-order valence-electron chi connectivity index (χ2n) is 3.74. The number of halogens is 1. The first-order valence-electron chi connectivity index (χ1n) is 5.35. The Labute approximate surface area is 113 Å². The molecule has 2 rings (SSSR count). The minimum Gasteiger partial charge on any atom is -0.487 e. The zero-order valence-corrected chi connectivity index (χ0v) is 11.4. The quantitative estimate of drug-likeness (QED) is 0.670. The fourth-order valence-electron chi connectivity index (χ4n) is 1.43. The van der Waals surface area contributed by atoms with Crippen LogP contribution < -0.4 is 16.0 Å². The Balaban J connectivity index is 2.02. The van der Waals surface area contributed by atoms with Crippen LogP contribution in [0.2, 0.25) is 0 Å². The molecule has 0 fully saturated rings. The van der Waals surface area contributed by atoms with Gasteiger partial charge in [-0.15, -0.1) is 0 Å². The van der Waals surface area contributed by atoms with E-state index < -0.39 is 0 Å². The van der Waals surface area contributed by atoms with Crippen molar-refractivity contribution in [2.45, 2.75) is 13.5 Å². The maximum atomic E-state index is 5.68. The summed E-state index contributed by atoms with van der Waals surface area (Å²) in [6.07, 6.45) is 3.19. The van der Waals surface area contributed by atoms with E-state index in [4.69, 9.17) is 10.6 Å². The molecule has 0 bridgehead atoms. The highest BCUT2D eigenvalue weighted by Gasteiger charge is 2.02. The number of ether oxygens (including phenoxy) is 1. The predicted molar refractivity (Wildman–Crippen MR) is 73.1 cm³/mol. The number of anilines is 1. The van der Waals surface area contributed by atoms with Crippen LogP contribution >= 0.6 is 15.9 Å². The third-order valence-electron chi connectivity index (χ3n) is 2.37. The number of hydrazine groups is 1. The van der Waals surface area contributed by atoms with Crippen LogP contribution in [0.5, 0.6) is 5.75 Å². The molecule has 0 aliphatic rings. The van der Waals surface area contributed by atoms with E-state index in [1.54, 1.807) is 12.4 Å². The Morgan fingerprint density at radius 3 is 2.78 bits per heavy atom. The molecule has 18 heavy (non-hydrogen) atoms. The Bertz CT molecular complexity index is 530. The summed E-state index contributed by atoms with van der Waals surface area (Å²) >= 11 is 3.41. The summed E-state index contributed by atoms with van der Waals surface area (Å²) in [4.78, 5) is 8.23. The molecule has 0 aliphatic carbocycles. The van der Waals surface area contributed by atoms with Crippen LogP contribution in [0.1, 0.15) is 11.3 Å². The van der Waals surface area contributed by atoms with E-state index in [0.717, 1.165) is 21.5 Å². The minimum atomic E-state index is 0.375. The number of hydrogen-bond acceptors (Lipinski definition) is 5. The molecule has 3 N–H and O–H groups in total. The standard InChI is InChI=1S/C12H13BrN4O/c1-8-4-9(13)2-3-11(8)18-7-10-5-16-12(17-14)6-15-10/h2-6H,7,14H2,1H3,(H,16,17). The van der Waals surface area contributed by atoms with Gasteiger partial charge >= 0.3 is 0 Å². The smallest absolute Gasteiger partial charge is 0.158 e. The number of nitrogens with one attached hydrogen (secondary N) is 1. The molecule has 1 heterocycles. The summed E-state index contributed by atoms with van der Waals surface area (Å²) in [7, 11) is 0. The lowest BCUT2D eigenvalue weighted by atomic mass is 10.2. The van der Waals surface area contributed by atoms with Gasteiger partial charge in [-0.25, -0.2) is 10.8 Å². The molecule has 0 radical (unpaired) electrons. The largest absolute Gasteiger partial charge is 0.487 e. The van der Waals surface area contributed by atoms with Crippen molar-refractivity contribution in [3.63, 3.8) is 0 Å². The molecule has 0 saturated carbocycles. The molecular weight excluding hydrogens is 296 g/mol. The number of nitrogens with zero attached hydrogens (tertiary/aromatic N) is 2. The topological polar surface area (TPSA) is 73.1 Å². The summed E-state index contributed by atoms with van der Waals surface area (Å²) in [5, 5.41) is 0. The average Bonchev–Trinajstić information content (AvgIpc) is 2.38. The number of nitrogen functional groups attached to an aromatic ring is 1. The maximum absolute atomic E-state index is 5.68. The van der Waals surface area contributed by atoms with Crippen molar-refractivity contribution in [1.29, 1.82) is 0 Å². The first-order chi connectivity index (χ1) is 8.69. The summed E-state index contributed by atoms with van der Waals surface area (Å²) in [5.41, 5.74) is 4.24. The molecule has 2 aromatic rings. The van der Waals surface area contributed by atoms with E-state index in [2.05, 4.69) is 31.3 Å². The highest BCUT2D eigenvalue weighted by atomic mass is 79.9. The third kappa shape index (κ3) is 3.18. The van der Waals surface area contributed by atoms with E-state index in [1.807, 2.05) is 25.1 Å². The Morgan fingerprint density at radius 1 is 1.33 bits per heavy atom. The molecule has 0 unspecified atom stereocenters. The van der Waals surface area contributed by atoms with E-state index in [9.17, 15) is 0 Å². The van der Waals surface area contributed by atoms with Crippen LogP contribution in [-0.2, 0) is 6.61 Å². The van der Waals surface area contributed by atoms with Crippen molar-refractivity contribution < 1.29 is 4.74 Å². The average molecular weight is 309 g/mol. The van der Waals surface area contributed by atoms with Gasteiger partial charge in [-0.2, -0.15) is 0 Å². The molecule has 5 nitrogen and oxygen atoms in total. The zero-order valence-electron chi connectivity index (χ0n) is 9.85. The monoisotopic (exact) mass is 308 g/mol. The Hall–Kier alpha value is -1.66. The van der Waals surface area contributed by atoms with E-state index >= 15 is 0 Å². The van der Waals surface area contributed by atoms with Crippen molar-refractivity contribution in [3.05, 3.63) is 46.3 Å². The number of rotatable bonds is 4. The van der Waals surface area contributed by atoms with Crippen molar-refractivity contribution >= 4 is 21.7 Å². The van der Waals surface area contributed by atoms with Gasteiger partial charge in [0.15, 0.2) is 5.82 Å². The first-order valence-corrected chi connectivity index (χ1v) is 6.15. The van der Waals surface area contributed by atoms with Crippen molar-refractivity contribution in [2.75, 3.05) is 5.43 Å². The molecular formula is C12H13BrN4O. The lowest BCUT2D eigenvalue weighted by molar-refractivity contribution is 0.298. The van der Waals surface area contributed by atoms with Gasteiger partial charge in [-0.05, 0) is 30.7 Å². The SMILES string of the molecule is Cc1cc(Br)ccc1OCc1cnc(NN)cn1. The zero-order chi connectivity index (χ0) is 13.0. The van der Waals surface area contributed by atoms with Gasteiger partial charge in [-0.3, -0.25) is 4.98 Å². The second kappa shape index (κ2) is 5.79. The highest BCUT2D eigenvalue weighted by molar-refractivity contribution is 9.10. The van der Waals surface area contributed by atoms with Gasteiger partial charge < -0.3 is 10.2 Å². The van der Waals surface area contributed by atoms with Gasteiger partial charge in [0, 0.05) is 4.47 Å². The van der Waals surface area contributed by atoms with Crippen LogP contribution in [0.25, 0.3) is 0 Å². The molecule has 1 aromatic carbocycles. The number of hydrogen-bond donors (Lipinski definition) is 2. The van der Waals surface area contributed by atoms with E-state index in [0.29, 0.717) is 12.4 Å².